The molecule has 1 aromatic rings. The molecule has 3 N–H and O–H groups in total. The van der Waals surface area contributed by atoms with E-state index >= 15 is 0 Å². The van der Waals surface area contributed by atoms with Crippen molar-refractivity contribution in [3.63, 3.8) is 0 Å². The Morgan fingerprint density at radius 1 is 0.879 bits per heavy atom. The van der Waals surface area contributed by atoms with E-state index in [9.17, 15) is 4.79 Å². The Balaban J connectivity index is 2.21. The number of carbonyl (C=O) groups excluding carboxylic acids is 1. The van der Waals surface area contributed by atoms with Crippen LogP contribution in [0.4, 0.5) is 5.69 Å². The van der Waals surface area contributed by atoms with Crippen LogP contribution in [0.5, 0.6) is 0 Å². The standard InChI is InChI=1S/C24H37Cl3IN3OS/c1-2-3-4-5-6-7-8-9-10-11-12-13-14-21(32)30-22(24(25,26)27)31-23(33)29-20-17-15-19(28)16-18-20/h15-18,22H,2-14H2,1H3,(H,30,32)(H2,29,31,33). The number of amides is 1. The molecule has 0 bridgehead atoms. The van der Waals surface area contributed by atoms with Crippen molar-refractivity contribution >= 4 is 86.3 Å². The van der Waals surface area contributed by atoms with Crippen LogP contribution in [0.25, 0.3) is 0 Å². The molecule has 0 saturated heterocycles. The highest BCUT2D eigenvalue weighted by atomic mass is 127. The van der Waals surface area contributed by atoms with Crippen molar-refractivity contribution in [2.24, 2.45) is 0 Å². The second-order valence-electron chi connectivity index (χ2n) is 8.29. The predicted molar refractivity (Wildman–Crippen MR) is 156 cm³/mol. The molecule has 188 valence electrons. The minimum atomic E-state index is -1.75. The number of hydrogen-bond donors (Lipinski definition) is 3. The first kappa shape index (κ1) is 31.0. The molecule has 9 heteroatoms. The molecule has 0 heterocycles. The van der Waals surface area contributed by atoms with Crippen LogP contribution in [-0.4, -0.2) is 21.0 Å². The Morgan fingerprint density at radius 2 is 1.36 bits per heavy atom. The summed E-state index contributed by atoms with van der Waals surface area (Å²) in [5, 5.41) is 8.93. The number of unbranched alkanes of at least 4 members (excludes halogenated alkanes) is 11. The summed E-state index contributed by atoms with van der Waals surface area (Å²) in [6.07, 6.45) is 14.4. The molecule has 0 aliphatic heterocycles. The second kappa shape index (κ2) is 18.3. The van der Waals surface area contributed by atoms with Crippen molar-refractivity contribution in [1.82, 2.24) is 10.6 Å². The summed E-state index contributed by atoms with van der Waals surface area (Å²) < 4.78 is -0.634. The highest BCUT2D eigenvalue weighted by Crippen LogP contribution is 2.29. The summed E-state index contributed by atoms with van der Waals surface area (Å²) in [5.41, 5.74) is 0.804. The molecular weight excluding hydrogens is 612 g/mol. The number of hydrogen-bond acceptors (Lipinski definition) is 2. The van der Waals surface area contributed by atoms with Gasteiger partial charge in [-0.15, -0.1) is 0 Å². The van der Waals surface area contributed by atoms with Gasteiger partial charge >= 0.3 is 0 Å². The monoisotopic (exact) mass is 647 g/mol. The third kappa shape index (κ3) is 16.3. The number of anilines is 1. The van der Waals surface area contributed by atoms with E-state index in [1.807, 2.05) is 24.3 Å². The maximum Gasteiger partial charge on any atom is 0.228 e. The first-order chi connectivity index (χ1) is 15.7. The van der Waals surface area contributed by atoms with Crippen LogP contribution in [0.2, 0.25) is 0 Å². The van der Waals surface area contributed by atoms with E-state index in [2.05, 4.69) is 45.5 Å². The first-order valence-electron chi connectivity index (χ1n) is 11.9. The quantitative estimate of drug-likeness (QED) is 0.0554. The molecule has 0 saturated carbocycles. The SMILES string of the molecule is CCCCCCCCCCCCCCC(=O)NC(NC(=S)Nc1ccc(I)cc1)C(Cl)(Cl)Cl. The van der Waals surface area contributed by atoms with Crippen LogP contribution in [0.3, 0.4) is 0 Å². The number of thiocarbonyl (C=S) groups is 1. The summed E-state index contributed by atoms with van der Waals surface area (Å²) >= 11 is 25.7. The van der Waals surface area contributed by atoms with Gasteiger partial charge in [0.15, 0.2) is 5.11 Å². The van der Waals surface area contributed by atoms with Crippen LogP contribution in [0.15, 0.2) is 24.3 Å². The zero-order chi connectivity index (χ0) is 24.5. The van der Waals surface area contributed by atoms with Crippen molar-refractivity contribution in [3.05, 3.63) is 27.8 Å². The van der Waals surface area contributed by atoms with Gasteiger partial charge in [-0.2, -0.15) is 0 Å². The summed E-state index contributed by atoms with van der Waals surface area (Å²) in [7, 11) is 0. The fraction of sp³-hybridized carbons (Fsp3) is 0.667. The highest BCUT2D eigenvalue weighted by molar-refractivity contribution is 14.1. The Hall–Kier alpha value is -0.0200. The Kier molecular flexibility index (Phi) is 17.2. The number of benzene rings is 1. The van der Waals surface area contributed by atoms with Gasteiger partial charge in [0, 0.05) is 15.7 Å². The molecule has 0 aliphatic rings. The fourth-order valence-corrected chi connectivity index (χ4v) is 4.31. The Morgan fingerprint density at radius 3 is 1.85 bits per heavy atom. The molecule has 1 aromatic carbocycles. The van der Waals surface area contributed by atoms with Gasteiger partial charge in [0.25, 0.3) is 0 Å². The van der Waals surface area contributed by atoms with E-state index in [0.29, 0.717) is 6.42 Å². The molecule has 1 atom stereocenters. The summed E-state index contributed by atoms with van der Waals surface area (Å²) in [5.74, 6) is -0.164. The van der Waals surface area contributed by atoms with E-state index in [1.165, 1.54) is 57.8 Å². The van der Waals surface area contributed by atoms with Gasteiger partial charge in [0.05, 0.1) is 0 Å². The van der Waals surface area contributed by atoms with Crippen LogP contribution in [-0.2, 0) is 4.79 Å². The van der Waals surface area contributed by atoms with Crippen molar-refractivity contribution in [1.29, 1.82) is 0 Å². The van der Waals surface area contributed by atoms with Gasteiger partial charge in [-0.25, -0.2) is 0 Å². The van der Waals surface area contributed by atoms with Gasteiger partial charge < -0.3 is 16.0 Å². The largest absolute Gasteiger partial charge is 0.339 e. The lowest BCUT2D eigenvalue weighted by atomic mass is 10.0. The van der Waals surface area contributed by atoms with Crippen molar-refractivity contribution in [2.75, 3.05) is 5.32 Å². The normalized spacial score (nSPS) is 12.3. The van der Waals surface area contributed by atoms with Crippen molar-refractivity contribution < 1.29 is 4.79 Å². The fourth-order valence-electron chi connectivity index (χ4n) is 3.39. The molecule has 1 rings (SSSR count). The molecule has 1 amide bonds. The van der Waals surface area contributed by atoms with Gasteiger partial charge in [-0.3, -0.25) is 4.79 Å². The summed E-state index contributed by atoms with van der Waals surface area (Å²) in [6, 6.07) is 7.70. The number of rotatable bonds is 16. The van der Waals surface area contributed by atoms with E-state index in [-0.39, 0.29) is 11.0 Å². The minimum Gasteiger partial charge on any atom is -0.339 e. The van der Waals surface area contributed by atoms with E-state index in [1.54, 1.807) is 0 Å². The molecule has 0 aromatic heterocycles. The number of halogens is 4. The van der Waals surface area contributed by atoms with Crippen molar-refractivity contribution in [2.45, 2.75) is 100 Å². The average molecular weight is 649 g/mol. The van der Waals surface area contributed by atoms with Crippen LogP contribution < -0.4 is 16.0 Å². The molecule has 0 aliphatic carbocycles. The highest BCUT2D eigenvalue weighted by Gasteiger charge is 2.34. The number of carbonyl (C=O) groups is 1. The summed E-state index contributed by atoms with van der Waals surface area (Å²) in [6.45, 7) is 2.25. The van der Waals surface area contributed by atoms with Crippen LogP contribution in [0, 0.1) is 3.57 Å². The van der Waals surface area contributed by atoms with Gasteiger partial charge in [0.1, 0.15) is 6.17 Å². The van der Waals surface area contributed by atoms with E-state index in [0.717, 1.165) is 28.5 Å². The zero-order valence-electron chi connectivity index (χ0n) is 19.4. The lowest BCUT2D eigenvalue weighted by Gasteiger charge is -2.27. The van der Waals surface area contributed by atoms with E-state index in [4.69, 9.17) is 47.0 Å². The maximum atomic E-state index is 12.4. The first-order valence-corrected chi connectivity index (χ1v) is 14.5. The molecular formula is C24H37Cl3IN3OS. The van der Waals surface area contributed by atoms with Crippen molar-refractivity contribution in [3.8, 4) is 0 Å². The Labute approximate surface area is 233 Å². The molecule has 0 radical (unpaired) electrons. The van der Waals surface area contributed by atoms with E-state index < -0.39 is 9.96 Å². The number of alkyl halides is 3. The van der Waals surface area contributed by atoms with Crippen LogP contribution >= 0.6 is 69.6 Å². The molecule has 0 spiro atoms. The smallest absolute Gasteiger partial charge is 0.228 e. The summed E-state index contributed by atoms with van der Waals surface area (Å²) in [4.78, 5) is 12.4. The third-order valence-corrected chi connectivity index (χ3v) is 6.86. The maximum absolute atomic E-state index is 12.4. The van der Waals surface area contributed by atoms with Gasteiger partial charge in [-0.05, 0) is 65.5 Å². The second-order valence-corrected chi connectivity index (χ2v) is 12.3. The lowest BCUT2D eigenvalue weighted by molar-refractivity contribution is -0.122. The zero-order valence-corrected chi connectivity index (χ0v) is 24.6. The predicted octanol–water partition coefficient (Wildman–Crippen LogP) is 8.48. The molecule has 0 fully saturated rings. The van der Waals surface area contributed by atoms with Gasteiger partial charge in [-0.1, -0.05) is 112 Å². The minimum absolute atomic E-state index is 0.164. The Bertz CT molecular complexity index is 687. The third-order valence-electron chi connectivity index (χ3n) is 5.27. The van der Waals surface area contributed by atoms with Crippen LogP contribution in [0.1, 0.15) is 90.4 Å². The lowest BCUT2D eigenvalue weighted by Crippen LogP contribution is -2.56. The molecule has 33 heavy (non-hydrogen) atoms. The van der Waals surface area contributed by atoms with Gasteiger partial charge in [0.2, 0.25) is 9.70 Å². The topological polar surface area (TPSA) is 53.2 Å². The molecule has 1 unspecified atom stereocenters. The molecule has 4 nitrogen and oxygen atoms in total. The average Bonchev–Trinajstić information content (AvgIpc) is 2.75. The number of nitrogens with one attached hydrogen (secondary N) is 3.